The molecule has 1 aliphatic carbocycles. The van der Waals surface area contributed by atoms with E-state index < -0.39 is 0 Å². The van der Waals surface area contributed by atoms with Crippen LogP contribution in [-0.4, -0.2) is 0 Å². The third kappa shape index (κ3) is 3.22. The van der Waals surface area contributed by atoms with E-state index in [1.54, 1.807) is 0 Å². The molecule has 0 aromatic carbocycles. The van der Waals surface area contributed by atoms with E-state index in [1.165, 1.54) is 18.4 Å². The average molecular weight is 148 g/mol. The van der Waals surface area contributed by atoms with Gasteiger partial charge in [0.25, 0.3) is 0 Å². The molecule has 0 N–H and O–H groups in total. The summed E-state index contributed by atoms with van der Waals surface area (Å²) in [6.07, 6.45) is 16.0. The van der Waals surface area contributed by atoms with Crippen LogP contribution < -0.4 is 0 Å². The molecule has 60 valence electrons. The van der Waals surface area contributed by atoms with Crippen molar-refractivity contribution in [3.8, 4) is 0 Å². The van der Waals surface area contributed by atoms with Gasteiger partial charge in [-0.2, -0.15) is 0 Å². The first-order chi connectivity index (χ1) is 5.43. The molecule has 0 fully saturated rings. The normalized spacial score (nSPS) is 17.4. The summed E-state index contributed by atoms with van der Waals surface area (Å²) in [6.45, 7) is 2.17. The molecular weight excluding hydrogens is 132 g/mol. The van der Waals surface area contributed by atoms with Gasteiger partial charge in [-0.05, 0) is 31.3 Å². The predicted molar refractivity (Wildman–Crippen MR) is 50.5 cm³/mol. The topological polar surface area (TPSA) is 0 Å². The molecule has 0 amide bonds. The fourth-order valence-electron chi connectivity index (χ4n) is 1.21. The fraction of sp³-hybridized carbons (Fsp3) is 0.455. The number of hydrogen-bond acceptors (Lipinski definition) is 0. The second kappa shape index (κ2) is 4.95. The quantitative estimate of drug-likeness (QED) is 0.536. The van der Waals surface area contributed by atoms with Gasteiger partial charge in [-0.15, -0.1) is 0 Å². The molecule has 11 heavy (non-hydrogen) atoms. The van der Waals surface area contributed by atoms with Gasteiger partial charge in [0.05, 0.1) is 0 Å². The maximum atomic E-state index is 2.33. The molecule has 0 aliphatic heterocycles. The van der Waals surface area contributed by atoms with Crippen LogP contribution in [0.2, 0.25) is 0 Å². The Balaban J connectivity index is 2.31. The van der Waals surface area contributed by atoms with Gasteiger partial charge >= 0.3 is 0 Å². The van der Waals surface area contributed by atoms with E-state index in [9.17, 15) is 0 Å². The standard InChI is InChI=1S/C11H16/c1-2-3-5-8-11-9-6-4-7-10-11/h3,5-6,9-10H,2,4,7-8H2,1H3/b5-3+. The lowest BCUT2D eigenvalue weighted by molar-refractivity contribution is 1.00. The van der Waals surface area contributed by atoms with Gasteiger partial charge in [-0.3, -0.25) is 0 Å². The molecule has 0 atom stereocenters. The molecule has 0 heterocycles. The summed E-state index contributed by atoms with van der Waals surface area (Å²) >= 11 is 0. The summed E-state index contributed by atoms with van der Waals surface area (Å²) in [5.41, 5.74) is 1.47. The second-order valence-corrected chi connectivity index (χ2v) is 2.84. The molecule has 0 unspecified atom stereocenters. The van der Waals surface area contributed by atoms with Crippen molar-refractivity contribution in [2.75, 3.05) is 0 Å². The summed E-state index contributed by atoms with van der Waals surface area (Å²) in [5.74, 6) is 0. The maximum absolute atomic E-state index is 2.33. The Hall–Kier alpha value is -0.780. The Morgan fingerprint density at radius 3 is 2.91 bits per heavy atom. The Kier molecular flexibility index (Phi) is 3.74. The molecule has 0 heteroatoms. The maximum Gasteiger partial charge on any atom is -0.0101 e. The Morgan fingerprint density at radius 1 is 1.36 bits per heavy atom. The van der Waals surface area contributed by atoms with E-state index in [0.717, 1.165) is 12.8 Å². The lowest BCUT2D eigenvalue weighted by Crippen LogP contribution is -1.82. The minimum atomic E-state index is 1.12. The van der Waals surface area contributed by atoms with Crippen molar-refractivity contribution in [3.05, 3.63) is 36.0 Å². The number of hydrogen-bond donors (Lipinski definition) is 0. The Bertz CT molecular complexity index is 182. The van der Waals surface area contributed by atoms with E-state index >= 15 is 0 Å². The predicted octanol–water partition coefficient (Wildman–Crippen LogP) is 3.62. The zero-order valence-electron chi connectivity index (χ0n) is 7.22. The summed E-state index contributed by atoms with van der Waals surface area (Å²) in [7, 11) is 0. The monoisotopic (exact) mass is 148 g/mol. The van der Waals surface area contributed by atoms with Crippen molar-refractivity contribution in [1.29, 1.82) is 0 Å². The van der Waals surface area contributed by atoms with Crippen LogP contribution >= 0.6 is 0 Å². The van der Waals surface area contributed by atoms with E-state index in [2.05, 4.69) is 37.3 Å². The van der Waals surface area contributed by atoms with Crippen LogP contribution in [0.25, 0.3) is 0 Å². The van der Waals surface area contributed by atoms with Crippen LogP contribution in [0.1, 0.15) is 32.6 Å². The lowest BCUT2D eigenvalue weighted by Gasteiger charge is -2.02. The number of rotatable bonds is 3. The Labute approximate surface area is 69.3 Å². The third-order valence-corrected chi connectivity index (χ3v) is 1.83. The van der Waals surface area contributed by atoms with Crippen LogP contribution in [0.4, 0.5) is 0 Å². The molecule has 1 rings (SSSR count). The van der Waals surface area contributed by atoms with Crippen molar-refractivity contribution in [2.45, 2.75) is 32.6 Å². The van der Waals surface area contributed by atoms with Crippen molar-refractivity contribution in [3.63, 3.8) is 0 Å². The zero-order valence-corrected chi connectivity index (χ0v) is 7.22. The van der Waals surface area contributed by atoms with E-state index in [4.69, 9.17) is 0 Å². The van der Waals surface area contributed by atoms with Gasteiger partial charge in [0.15, 0.2) is 0 Å². The highest BCUT2D eigenvalue weighted by molar-refractivity contribution is 5.24. The smallest absolute Gasteiger partial charge is 0.0101 e. The molecule has 0 aromatic heterocycles. The van der Waals surface area contributed by atoms with Gasteiger partial charge in [0, 0.05) is 0 Å². The van der Waals surface area contributed by atoms with Gasteiger partial charge in [0.2, 0.25) is 0 Å². The largest absolute Gasteiger partial charge is 0.0885 e. The minimum absolute atomic E-state index is 1.12. The molecule has 0 nitrogen and oxygen atoms in total. The van der Waals surface area contributed by atoms with E-state index in [1.807, 2.05) is 0 Å². The highest BCUT2D eigenvalue weighted by atomic mass is 14.0. The summed E-state index contributed by atoms with van der Waals surface area (Å²) in [5, 5.41) is 0. The first-order valence-electron chi connectivity index (χ1n) is 4.44. The second-order valence-electron chi connectivity index (χ2n) is 2.84. The summed E-state index contributed by atoms with van der Waals surface area (Å²) in [4.78, 5) is 0. The molecular formula is C11H16. The van der Waals surface area contributed by atoms with Crippen LogP contribution in [0.15, 0.2) is 36.0 Å². The van der Waals surface area contributed by atoms with Crippen molar-refractivity contribution in [2.24, 2.45) is 0 Å². The van der Waals surface area contributed by atoms with Crippen LogP contribution in [-0.2, 0) is 0 Å². The van der Waals surface area contributed by atoms with Crippen molar-refractivity contribution in [1.82, 2.24) is 0 Å². The summed E-state index contributed by atoms with van der Waals surface area (Å²) < 4.78 is 0. The van der Waals surface area contributed by atoms with Gasteiger partial charge < -0.3 is 0 Å². The minimum Gasteiger partial charge on any atom is -0.0885 e. The molecule has 0 saturated heterocycles. The highest BCUT2D eigenvalue weighted by Crippen LogP contribution is 2.13. The first-order valence-corrected chi connectivity index (χ1v) is 4.44. The van der Waals surface area contributed by atoms with Crippen molar-refractivity contribution >= 4 is 0 Å². The molecule has 0 radical (unpaired) electrons. The lowest BCUT2D eigenvalue weighted by atomic mass is 10.0. The van der Waals surface area contributed by atoms with Gasteiger partial charge in [0.1, 0.15) is 0 Å². The molecule has 1 aliphatic rings. The fourth-order valence-corrected chi connectivity index (χ4v) is 1.21. The molecule has 0 bridgehead atoms. The molecule has 0 saturated carbocycles. The average Bonchev–Trinajstić information content (AvgIpc) is 2.07. The summed E-state index contributed by atoms with van der Waals surface area (Å²) in [6, 6.07) is 0. The number of allylic oxidation sites excluding steroid dienone is 6. The van der Waals surface area contributed by atoms with E-state index in [0.29, 0.717) is 0 Å². The SMILES string of the molecule is CC/C=C/CC1=CCCC=C1. The zero-order chi connectivity index (χ0) is 7.94. The third-order valence-electron chi connectivity index (χ3n) is 1.83. The van der Waals surface area contributed by atoms with Crippen LogP contribution in [0.3, 0.4) is 0 Å². The van der Waals surface area contributed by atoms with E-state index in [-0.39, 0.29) is 0 Å². The van der Waals surface area contributed by atoms with Gasteiger partial charge in [-0.25, -0.2) is 0 Å². The Morgan fingerprint density at radius 2 is 2.27 bits per heavy atom. The first kappa shape index (κ1) is 8.32. The molecule has 0 aromatic rings. The van der Waals surface area contributed by atoms with Crippen LogP contribution in [0, 0.1) is 0 Å². The molecule has 0 spiro atoms. The highest BCUT2D eigenvalue weighted by Gasteiger charge is 1.92. The van der Waals surface area contributed by atoms with Crippen LogP contribution in [0.5, 0.6) is 0 Å². The van der Waals surface area contributed by atoms with Gasteiger partial charge in [-0.1, -0.05) is 37.3 Å². The van der Waals surface area contributed by atoms with Crippen molar-refractivity contribution < 1.29 is 0 Å².